The van der Waals surface area contributed by atoms with Gasteiger partial charge in [-0.3, -0.25) is 4.79 Å². The van der Waals surface area contributed by atoms with Crippen LogP contribution >= 0.6 is 11.8 Å². The highest BCUT2D eigenvalue weighted by Crippen LogP contribution is 2.29. The van der Waals surface area contributed by atoms with Crippen LogP contribution in [0.2, 0.25) is 0 Å². The highest BCUT2D eigenvalue weighted by molar-refractivity contribution is 8.00. The molecule has 0 bridgehead atoms. The maximum atomic E-state index is 12.1. The van der Waals surface area contributed by atoms with Crippen molar-refractivity contribution in [1.82, 2.24) is 15.5 Å². The van der Waals surface area contributed by atoms with Gasteiger partial charge in [-0.15, -0.1) is 5.10 Å². The zero-order chi connectivity index (χ0) is 15.4. The normalized spacial score (nSPS) is 16.3. The molecule has 1 aromatic carbocycles. The first kappa shape index (κ1) is 14.8. The van der Waals surface area contributed by atoms with Crippen molar-refractivity contribution < 1.29 is 4.79 Å². The molecule has 0 aliphatic heterocycles. The van der Waals surface area contributed by atoms with Gasteiger partial charge in [0, 0.05) is 10.8 Å². The molecule has 0 radical (unpaired) electrons. The van der Waals surface area contributed by atoms with Gasteiger partial charge in [0.2, 0.25) is 5.91 Å². The predicted octanol–water partition coefficient (Wildman–Crippen LogP) is 2.67. The zero-order valence-electron chi connectivity index (χ0n) is 12.1. The third-order valence-electron chi connectivity index (χ3n) is 3.93. The van der Waals surface area contributed by atoms with Gasteiger partial charge in [0.1, 0.15) is 10.6 Å². The fraction of sp³-hybridized carbons (Fsp3) is 0.375. The third-order valence-corrected chi connectivity index (χ3v) is 4.91. The first-order valence-electron chi connectivity index (χ1n) is 7.28. The fourth-order valence-corrected chi connectivity index (χ4v) is 3.57. The summed E-state index contributed by atoms with van der Waals surface area (Å²) in [5, 5.41) is 23.0. The van der Waals surface area contributed by atoms with Crippen LogP contribution in [0, 0.1) is 11.3 Å². The van der Waals surface area contributed by atoms with Gasteiger partial charge >= 0.3 is 0 Å². The summed E-state index contributed by atoms with van der Waals surface area (Å²) in [6, 6.07) is 10.1. The van der Waals surface area contributed by atoms with Crippen LogP contribution < -0.4 is 5.32 Å². The number of nitrogens with zero attached hydrogens (tertiary/aromatic N) is 3. The molecular weight excluding hydrogens is 296 g/mol. The number of aromatic nitrogens is 2. The Morgan fingerprint density at radius 3 is 2.91 bits per heavy atom. The number of hydrogen-bond acceptors (Lipinski definition) is 5. The third kappa shape index (κ3) is 3.04. The first-order valence-corrected chi connectivity index (χ1v) is 8.26. The van der Waals surface area contributed by atoms with Gasteiger partial charge in [-0.05, 0) is 25.7 Å². The Kier molecular flexibility index (Phi) is 4.25. The van der Waals surface area contributed by atoms with E-state index in [1.807, 2.05) is 24.3 Å². The van der Waals surface area contributed by atoms with Crippen LogP contribution in [0.5, 0.6) is 0 Å². The van der Waals surface area contributed by atoms with Crippen LogP contribution in [-0.2, 0) is 4.79 Å². The molecule has 1 aliphatic carbocycles. The standard InChI is InChI=1S/C16H16N4OS/c17-11-16(7-3-4-8-16)19-14(21)10-22-15-13-6-2-1-5-12(13)9-18-20-15/h1-2,5-6,9H,3-4,7-8,10H2,(H,19,21). The van der Waals surface area contributed by atoms with E-state index in [-0.39, 0.29) is 11.7 Å². The van der Waals surface area contributed by atoms with Crippen LogP contribution in [0.15, 0.2) is 35.5 Å². The number of fused-ring (bicyclic) bond motifs is 1. The van der Waals surface area contributed by atoms with Gasteiger partial charge in [-0.1, -0.05) is 36.0 Å². The van der Waals surface area contributed by atoms with Gasteiger partial charge in [-0.25, -0.2) is 0 Å². The summed E-state index contributed by atoms with van der Waals surface area (Å²) in [4.78, 5) is 12.1. The molecule has 5 nitrogen and oxygen atoms in total. The largest absolute Gasteiger partial charge is 0.337 e. The number of hydrogen-bond donors (Lipinski definition) is 1. The lowest BCUT2D eigenvalue weighted by Crippen LogP contribution is -2.45. The van der Waals surface area contributed by atoms with Gasteiger partial charge in [0.15, 0.2) is 0 Å². The van der Waals surface area contributed by atoms with E-state index in [1.54, 1.807) is 6.20 Å². The number of carbonyl (C=O) groups excluding carboxylic acids is 1. The summed E-state index contributed by atoms with van der Waals surface area (Å²) < 4.78 is 0. The Labute approximate surface area is 133 Å². The Morgan fingerprint density at radius 1 is 1.36 bits per heavy atom. The minimum atomic E-state index is -0.665. The van der Waals surface area contributed by atoms with E-state index in [0.29, 0.717) is 0 Å². The molecule has 0 saturated heterocycles. The molecule has 1 heterocycles. The molecule has 22 heavy (non-hydrogen) atoms. The van der Waals surface area contributed by atoms with Crippen molar-refractivity contribution in [2.24, 2.45) is 0 Å². The van der Waals surface area contributed by atoms with E-state index < -0.39 is 5.54 Å². The second kappa shape index (κ2) is 6.32. The maximum Gasteiger partial charge on any atom is 0.231 e. The van der Waals surface area contributed by atoms with Crippen molar-refractivity contribution in [3.05, 3.63) is 30.5 Å². The lowest BCUT2D eigenvalue weighted by atomic mass is 10.0. The lowest BCUT2D eigenvalue weighted by molar-refractivity contribution is -0.119. The van der Waals surface area contributed by atoms with E-state index >= 15 is 0 Å². The van der Waals surface area contributed by atoms with E-state index in [4.69, 9.17) is 0 Å². The summed E-state index contributed by atoms with van der Waals surface area (Å²) in [5.74, 6) is 0.120. The maximum absolute atomic E-state index is 12.1. The van der Waals surface area contributed by atoms with Crippen molar-refractivity contribution in [3.63, 3.8) is 0 Å². The van der Waals surface area contributed by atoms with Gasteiger partial charge < -0.3 is 5.32 Å². The number of carbonyl (C=O) groups is 1. The van der Waals surface area contributed by atoms with Crippen molar-refractivity contribution in [1.29, 1.82) is 5.26 Å². The number of thioether (sulfide) groups is 1. The van der Waals surface area contributed by atoms with Crippen LogP contribution in [0.3, 0.4) is 0 Å². The van der Waals surface area contributed by atoms with E-state index in [1.165, 1.54) is 11.8 Å². The smallest absolute Gasteiger partial charge is 0.231 e. The molecule has 1 aliphatic rings. The van der Waals surface area contributed by atoms with Crippen molar-refractivity contribution in [3.8, 4) is 6.07 Å². The van der Waals surface area contributed by atoms with Crippen molar-refractivity contribution in [2.75, 3.05) is 5.75 Å². The number of rotatable bonds is 4. The molecule has 1 N–H and O–H groups in total. The molecular formula is C16H16N4OS. The number of nitriles is 1. The lowest BCUT2D eigenvalue weighted by Gasteiger charge is -2.21. The average molecular weight is 312 g/mol. The first-order chi connectivity index (χ1) is 10.7. The summed E-state index contributed by atoms with van der Waals surface area (Å²) in [6.07, 6.45) is 5.19. The second-order valence-electron chi connectivity index (χ2n) is 5.47. The van der Waals surface area contributed by atoms with Gasteiger partial charge in [0.05, 0.1) is 18.0 Å². The molecule has 112 valence electrons. The highest BCUT2D eigenvalue weighted by atomic mass is 32.2. The highest BCUT2D eigenvalue weighted by Gasteiger charge is 2.35. The molecule has 2 aromatic rings. The molecule has 1 aromatic heterocycles. The molecule has 1 fully saturated rings. The minimum Gasteiger partial charge on any atom is -0.337 e. The molecule has 1 saturated carbocycles. The van der Waals surface area contributed by atoms with Gasteiger partial charge in [0.25, 0.3) is 0 Å². The summed E-state index contributed by atoms with van der Waals surface area (Å²) >= 11 is 1.36. The Bertz CT molecular complexity index is 729. The predicted molar refractivity (Wildman–Crippen MR) is 85.2 cm³/mol. The topological polar surface area (TPSA) is 78.7 Å². The Hall–Kier alpha value is -2.13. The summed E-state index contributed by atoms with van der Waals surface area (Å²) in [7, 11) is 0. The molecule has 1 amide bonds. The Morgan fingerprint density at radius 2 is 2.14 bits per heavy atom. The number of nitrogens with one attached hydrogen (secondary N) is 1. The van der Waals surface area contributed by atoms with E-state index in [2.05, 4.69) is 21.6 Å². The molecule has 0 atom stereocenters. The van der Waals surface area contributed by atoms with Crippen molar-refractivity contribution in [2.45, 2.75) is 36.2 Å². The van der Waals surface area contributed by atoms with Crippen LogP contribution in [0.4, 0.5) is 0 Å². The molecule has 0 unspecified atom stereocenters. The summed E-state index contributed by atoms with van der Waals surface area (Å²) in [5.41, 5.74) is -0.665. The van der Waals surface area contributed by atoms with Crippen molar-refractivity contribution >= 4 is 28.4 Å². The quantitative estimate of drug-likeness (QED) is 0.878. The monoisotopic (exact) mass is 312 g/mol. The van der Waals surface area contributed by atoms with Crippen LogP contribution in [0.1, 0.15) is 25.7 Å². The van der Waals surface area contributed by atoms with Gasteiger partial charge in [-0.2, -0.15) is 10.4 Å². The van der Waals surface area contributed by atoms with E-state index in [0.717, 1.165) is 41.5 Å². The second-order valence-corrected chi connectivity index (χ2v) is 6.44. The average Bonchev–Trinajstić information content (AvgIpc) is 3.02. The number of benzene rings is 1. The Balaban J connectivity index is 1.67. The zero-order valence-corrected chi connectivity index (χ0v) is 12.9. The van der Waals surface area contributed by atoms with E-state index in [9.17, 15) is 10.1 Å². The SMILES string of the molecule is N#CC1(NC(=O)CSc2nncc3ccccc23)CCCC1. The number of amides is 1. The summed E-state index contributed by atoms with van der Waals surface area (Å²) in [6.45, 7) is 0. The molecule has 6 heteroatoms. The molecule has 0 spiro atoms. The minimum absolute atomic E-state index is 0.122. The van der Waals surface area contributed by atoms with Crippen LogP contribution in [0.25, 0.3) is 10.8 Å². The fourth-order valence-electron chi connectivity index (χ4n) is 2.79. The van der Waals surface area contributed by atoms with Crippen LogP contribution in [-0.4, -0.2) is 27.4 Å². The molecule has 3 rings (SSSR count).